The highest BCUT2D eigenvalue weighted by Crippen LogP contribution is 2.29. The van der Waals surface area contributed by atoms with E-state index in [0.29, 0.717) is 22.0 Å². The maximum Gasteiger partial charge on any atom is 0.208 e. The number of rotatable bonds is 2. The van der Waals surface area contributed by atoms with E-state index in [1.54, 1.807) is 6.92 Å². The Morgan fingerprint density at radius 3 is 2.17 bits per heavy atom. The molecule has 1 aromatic heterocycles. The summed E-state index contributed by atoms with van der Waals surface area (Å²) in [5.74, 6) is -4.36. The van der Waals surface area contributed by atoms with E-state index in [9.17, 15) is 18.0 Å². The summed E-state index contributed by atoms with van der Waals surface area (Å²) in [5.41, 5.74) is -0.123. The standard InChI is InChI=1S/C12H6ClF3OS/c1-5-2-9(18-12(5)13)11(17)10-7(15)3-6(14)4-8(10)16/h2-4H,1H3. The van der Waals surface area contributed by atoms with Gasteiger partial charge in [0.25, 0.3) is 0 Å². The summed E-state index contributed by atoms with van der Waals surface area (Å²) in [5, 5.41) is 0. The Bertz CT molecular complexity index is 594. The minimum Gasteiger partial charge on any atom is -0.287 e. The van der Waals surface area contributed by atoms with Gasteiger partial charge in [-0.05, 0) is 18.6 Å². The fourth-order valence-corrected chi connectivity index (χ4v) is 2.60. The normalized spacial score (nSPS) is 10.7. The Morgan fingerprint density at radius 1 is 1.17 bits per heavy atom. The summed E-state index contributed by atoms with van der Waals surface area (Å²) in [6.45, 7) is 1.67. The first-order chi connectivity index (χ1) is 8.40. The summed E-state index contributed by atoms with van der Waals surface area (Å²) >= 11 is 6.71. The van der Waals surface area contributed by atoms with Crippen LogP contribution in [0.15, 0.2) is 18.2 Å². The number of ketones is 1. The quantitative estimate of drug-likeness (QED) is 0.751. The molecule has 0 bridgehead atoms. The first-order valence-electron chi connectivity index (χ1n) is 4.85. The Hall–Kier alpha value is -1.33. The van der Waals surface area contributed by atoms with Crippen molar-refractivity contribution in [2.45, 2.75) is 6.92 Å². The van der Waals surface area contributed by atoms with Crippen molar-refractivity contribution in [3.8, 4) is 0 Å². The van der Waals surface area contributed by atoms with Crippen LogP contribution in [-0.4, -0.2) is 5.78 Å². The van der Waals surface area contributed by atoms with Gasteiger partial charge >= 0.3 is 0 Å². The zero-order chi connectivity index (χ0) is 13.4. The van der Waals surface area contributed by atoms with Crippen molar-refractivity contribution in [3.05, 3.63) is 56.0 Å². The van der Waals surface area contributed by atoms with Crippen LogP contribution in [0.4, 0.5) is 13.2 Å². The molecule has 0 N–H and O–H groups in total. The smallest absolute Gasteiger partial charge is 0.208 e. The van der Waals surface area contributed by atoms with Crippen molar-refractivity contribution in [1.82, 2.24) is 0 Å². The van der Waals surface area contributed by atoms with Gasteiger partial charge in [-0.2, -0.15) is 0 Å². The van der Waals surface area contributed by atoms with Gasteiger partial charge in [0.1, 0.15) is 17.5 Å². The largest absolute Gasteiger partial charge is 0.287 e. The summed E-state index contributed by atoms with van der Waals surface area (Å²) in [6, 6.07) is 2.38. The lowest BCUT2D eigenvalue weighted by Gasteiger charge is -2.02. The SMILES string of the molecule is Cc1cc(C(=O)c2c(F)cc(F)cc2F)sc1Cl. The molecular weight excluding hydrogens is 285 g/mol. The van der Waals surface area contributed by atoms with Gasteiger partial charge in [0, 0.05) is 12.1 Å². The third kappa shape index (κ3) is 2.28. The van der Waals surface area contributed by atoms with Crippen LogP contribution in [0.3, 0.4) is 0 Å². The topological polar surface area (TPSA) is 17.1 Å². The Kier molecular flexibility index (Phi) is 3.45. The average Bonchev–Trinajstić information content (AvgIpc) is 2.57. The van der Waals surface area contributed by atoms with Gasteiger partial charge in [0.05, 0.1) is 14.8 Å². The van der Waals surface area contributed by atoms with Gasteiger partial charge in [-0.25, -0.2) is 13.2 Å². The van der Waals surface area contributed by atoms with E-state index in [-0.39, 0.29) is 4.88 Å². The molecule has 18 heavy (non-hydrogen) atoms. The van der Waals surface area contributed by atoms with Crippen LogP contribution in [0.25, 0.3) is 0 Å². The molecule has 2 rings (SSSR count). The molecule has 94 valence electrons. The number of aryl methyl sites for hydroxylation is 1. The molecule has 0 aliphatic heterocycles. The third-order valence-corrected chi connectivity index (χ3v) is 3.87. The molecule has 0 aliphatic carbocycles. The van der Waals surface area contributed by atoms with Crippen LogP contribution in [0, 0.1) is 24.4 Å². The van der Waals surface area contributed by atoms with Crippen molar-refractivity contribution in [2.75, 3.05) is 0 Å². The number of benzene rings is 1. The molecule has 0 unspecified atom stereocenters. The lowest BCUT2D eigenvalue weighted by Crippen LogP contribution is -2.06. The molecule has 1 nitrogen and oxygen atoms in total. The molecular formula is C12H6ClF3OS. The van der Waals surface area contributed by atoms with Crippen LogP contribution < -0.4 is 0 Å². The predicted octanol–water partition coefficient (Wildman–Crippen LogP) is 4.36. The van der Waals surface area contributed by atoms with Gasteiger partial charge in [-0.3, -0.25) is 4.79 Å². The van der Waals surface area contributed by atoms with Crippen molar-refractivity contribution in [1.29, 1.82) is 0 Å². The van der Waals surface area contributed by atoms with E-state index in [0.717, 1.165) is 11.3 Å². The molecule has 0 atom stereocenters. The monoisotopic (exact) mass is 290 g/mol. The maximum absolute atomic E-state index is 13.4. The first-order valence-corrected chi connectivity index (χ1v) is 6.04. The van der Waals surface area contributed by atoms with E-state index >= 15 is 0 Å². The molecule has 0 aliphatic rings. The third-order valence-electron chi connectivity index (χ3n) is 2.31. The van der Waals surface area contributed by atoms with E-state index < -0.39 is 28.8 Å². The fraction of sp³-hybridized carbons (Fsp3) is 0.0833. The summed E-state index contributed by atoms with van der Waals surface area (Å²) < 4.78 is 40.0. The fourth-order valence-electron chi connectivity index (χ4n) is 1.45. The zero-order valence-electron chi connectivity index (χ0n) is 9.06. The van der Waals surface area contributed by atoms with E-state index in [4.69, 9.17) is 11.6 Å². The molecule has 0 fully saturated rings. The second-order valence-corrected chi connectivity index (χ2v) is 5.30. The van der Waals surface area contributed by atoms with Crippen LogP contribution in [0.2, 0.25) is 4.34 Å². The number of carbonyl (C=O) groups is 1. The van der Waals surface area contributed by atoms with E-state index in [1.807, 2.05) is 0 Å². The van der Waals surface area contributed by atoms with Crippen LogP contribution >= 0.6 is 22.9 Å². The predicted molar refractivity (Wildman–Crippen MR) is 63.8 cm³/mol. The minimum absolute atomic E-state index is 0.113. The summed E-state index contributed by atoms with van der Waals surface area (Å²) in [6.07, 6.45) is 0. The number of hydrogen-bond donors (Lipinski definition) is 0. The second-order valence-electron chi connectivity index (χ2n) is 3.64. The van der Waals surface area contributed by atoms with Gasteiger partial charge < -0.3 is 0 Å². The van der Waals surface area contributed by atoms with Gasteiger partial charge in [0.15, 0.2) is 0 Å². The first kappa shape index (κ1) is 13.1. The molecule has 0 spiro atoms. The maximum atomic E-state index is 13.4. The molecule has 0 saturated heterocycles. The second kappa shape index (κ2) is 4.74. The zero-order valence-corrected chi connectivity index (χ0v) is 10.6. The Balaban J connectivity index is 2.52. The molecule has 6 heteroatoms. The summed E-state index contributed by atoms with van der Waals surface area (Å²) in [7, 11) is 0. The average molecular weight is 291 g/mol. The van der Waals surface area contributed by atoms with Crippen LogP contribution in [-0.2, 0) is 0 Å². The molecule has 1 heterocycles. The number of carbonyl (C=O) groups excluding carboxylic acids is 1. The number of thiophene rings is 1. The lowest BCUT2D eigenvalue weighted by atomic mass is 10.1. The van der Waals surface area contributed by atoms with Crippen LogP contribution in [0.1, 0.15) is 20.8 Å². The van der Waals surface area contributed by atoms with Gasteiger partial charge in [0.2, 0.25) is 5.78 Å². The number of hydrogen-bond acceptors (Lipinski definition) is 2. The van der Waals surface area contributed by atoms with Gasteiger partial charge in [-0.1, -0.05) is 11.6 Å². The Labute approximate surface area is 110 Å². The molecule has 0 radical (unpaired) electrons. The molecule has 0 saturated carbocycles. The van der Waals surface area contributed by atoms with Crippen molar-refractivity contribution >= 4 is 28.7 Å². The van der Waals surface area contributed by atoms with E-state index in [1.165, 1.54) is 6.07 Å². The lowest BCUT2D eigenvalue weighted by molar-refractivity contribution is 0.103. The molecule has 0 amide bonds. The number of halogens is 4. The van der Waals surface area contributed by atoms with Crippen molar-refractivity contribution < 1.29 is 18.0 Å². The van der Waals surface area contributed by atoms with Crippen molar-refractivity contribution in [2.24, 2.45) is 0 Å². The van der Waals surface area contributed by atoms with E-state index in [2.05, 4.69) is 0 Å². The molecule has 2 aromatic rings. The van der Waals surface area contributed by atoms with Crippen molar-refractivity contribution in [3.63, 3.8) is 0 Å². The highest BCUT2D eigenvalue weighted by atomic mass is 35.5. The summed E-state index contributed by atoms with van der Waals surface area (Å²) in [4.78, 5) is 12.0. The molecule has 1 aromatic carbocycles. The van der Waals surface area contributed by atoms with Crippen LogP contribution in [0.5, 0.6) is 0 Å². The van der Waals surface area contributed by atoms with Gasteiger partial charge in [-0.15, -0.1) is 11.3 Å². The highest BCUT2D eigenvalue weighted by molar-refractivity contribution is 7.18. The highest BCUT2D eigenvalue weighted by Gasteiger charge is 2.22. The minimum atomic E-state index is -1.22. The Morgan fingerprint density at radius 2 is 1.72 bits per heavy atom.